The quantitative estimate of drug-likeness (QED) is 0.349. The fraction of sp³-hybridized carbons (Fsp3) is 0.833. The predicted molar refractivity (Wildman–Crippen MR) is 113 cm³/mol. The second-order valence-electron chi connectivity index (χ2n) is 9.26. The van der Waals surface area contributed by atoms with Crippen LogP contribution in [-0.2, 0) is 0 Å². The highest BCUT2D eigenvalue weighted by Crippen LogP contribution is 2.48. The number of allylic oxidation sites excluding steroid dienone is 3. The molecule has 26 heavy (non-hydrogen) atoms. The maximum absolute atomic E-state index is 10.5. The number of nitrogens with zero attached hydrogens (tertiary/aromatic N) is 1. The number of unbranched alkanes of at least 4 members (excludes halogenated alkanes) is 3. The highest BCUT2D eigenvalue weighted by Gasteiger charge is 2.43. The first-order chi connectivity index (χ1) is 12.5. The zero-order valence-electron chi connectivity index (χ0n) is 17.8. The lowest BCUT2D eigenvalue weighted by molar-refractivity contribution is 0.141. The third-order valence-corrected chi connectivity index (χ3v) is 6.50. The number of rotatable bonds is 12. The van der Waals surface area contributed by atoms with E-state index in [4.69, 9.17) is 0 Å². The molecule has 0 aromatic rings. The van der Waals surface area contributed by atoms with Crippen LogP contribution in [0.15, 0.2) is 23.8 Å². The first-order valence-electron chi connectivity index (χ1n) is 11.2. The minimum Gasteiger partial charge on any atom is -0.392 e. The van der Waals surface area contributed by atoms with Gasteiger partial charge in [0.15, 0.2) is 0 Å². The van der Waals surface area contributed by atoms with E-state index in [1.165, 1.54) is 64.3 Å². The van der Waals surface area contributed by atoms with E-state index in [0.717, 1.165) is 12.3 Å². The maximum Gasteiger partial charge on any atom is 0.0611 e. The fourth-order valence-corrected chi connectivity index (χ4v) is 4.89. The molecule has 0 bridgehead atoms. The lowest BCUT2D eigenvalue weighted by atomic mass is 9.88. The minimum absolute atomic E-state index is 0.120. The van der Waals surface area contributed by atoms with Gasteiger partial charge in [-0.3, -0.25) is 0 Å². The van der Waals surface area contributed by atoms with Gasteiger partial charge < -0.3 is 10.0 Å². The van der Waals surface area contributed by atoms with E-state index in [9.17, 15) is 5.11 Å². The van der Waals surface area contributed by atoms with Crippen molar-refractivity contribution in [3.63, 3.8) is 0 Å². The van der Waals surface area contributed by atoms with Gasteiger partial charge in [0.25, 0.3) is 0 Å². The van der Waals surface area contributed by atoms with Crippen LogP contribution in [0.4, 0.5) is 0 Å². The first-order valence-corrected chi connectivity index (χ1v) is 11.2. The summed E-state index contributed by atoms with van der Waals surface area (Å²) in [6.07, 6.45) is 19.8. The highest BCUT2D eigenvalue weighted by molar-refractivity contribution is 5.20. The molecule has 0 aromatic heterocycles. The van der Waals surface area contributed by atoms with Crippen molar-refractivity contribution >= 4 is 0 Å². The molecule has 2 nitrogen and oxygen atoms in total. The topological polar surface area (TPSA) is 23.5 Å². The number of hydrogen-bond donors (Lipinski definition) is 1. The molecule has 0 heterocycles. The molecule has 150 valence electrons. The Kier molecular flexibility index (Phi) is 9.42. The molecule has 2 rings (SSSR count). The molecule has 1 saturated carbocycles. The van der Waals surface area contributed by atoms with Crippen molar-refractivity contribution in [2.75, 3.05) is 20.6 Å². The molecule has 2 aliphatic rings. The summed E-state index contributed by atoms with van der Waals surface area (Å²) in [4.78, 5) is 2.28. The van der Waals surface area contributed by atoms with Crippen LogP contribution in [0.3, 0.4) is 0 Å². The van der Waals surface area contributed by atoms with Crippen molar-refractivity contribution in [1.82, 2.24) is 4.90 Å². The van der Waals surface area contributed by atoms with Crippen molar-refractivity contribution in [3.8, 4) is 0 Å². The first kappa shape index (κ1) is 21.7. The molecule has 5 atom stereocenters. The van der Waals surface area contributed by atoms with Crippen LogP contribution in [0.5, 0.6) is 0 Å². The van der Waals surface area contributed by atoms with Gasteiger partial charge in [-0.15, -0.1) is 0 Å². The Labute approximate surface area is 162 Å². The van der Waals surface area contributed by atoms with Gasteiger partial charge in [-0.25, -0.2) is 0 Å². The zero-order valence-corrected chi connectivity index (χ0v) is 17.8. The van der Waals surface area contributed by atoms with Crippen molar-refractivity contribution < 1.29 is 5.11 Å². The largest absolute Gasteiger partial charge is 0.392 e. The summed E-state index contributed by atoms with van der Waals surface area (Å²) in [5.74, 6) is 2.47. The summed E-state index contributed by atoms with van der Waals surface area (Å²) in [7, 11) is 4.31. The van der Waals surface area contributed by atoms with Crippen LogP contribution < -0.4 is 0 Å². The van der Waals surface area contributed by atoms with Gasteiger partial charge in [0.05, 0.1) is 6.10 Å². The molecule has 0 saturated heterocycles. The van der Waals surface area contributed by atoms with Crippen LogP contribution >= 0.6 is 0 Å². The van der Waals surface area contributed by atoms with Gasteiger partial charge in [-0.1, -0.05) is 63.3 Å². The van der Waals surface area contributed by atoms with E-state index < -0.39 is 0 Å². The molecule has 2 heteroatoms. The molecule has 0 aliphatic heterocycles. The Morgan fingerprint density at radius 2 is 2.04 bits per heavy atom. The van der Waals surface area contributed by atoms with E-state index in [0.29, 0.717) is 17.8 Å². The zero-order chi connectivity index (χ0) is 18.9. The lowest BCUT2D eigenvalue weighted by Crippen LogP contribution is -2.17. The molecule has 1 N–H and O–H groups in total. The summed E-state index contributed by atoms with van der Waals surface area (Å²) in [5.41, 5.74) is 1.67. The average Bonchev–Trinajstić information content (AvgIpc) is 3.10. The second kappa shape index (κ2) is 11.3. The predicted octanol–water partition coefficient (Wildman–Crippen LogP) is 5.82. The van der Waals surface area contributed by atoms with Crippen LogP contribution in [0.2, 0.25) is 0 Å². The molecular weight excluding hydrogens is 318 g/mol. The molecule has 0 spiro atoms. The molecule has 2 aliphatic carbocycles. The summed E-state index contributed by atoms with van der Waals surface area (Å²) >= 11 is 0. The number of aliphatic hydroxyl groups excluding tert-OH is 1. The van der Waals surface area contributed by atoms with Gasteiger partial charge in [0.2, 0.25) is 0 Å². The van der Waals surface area contributed by atoms with Crippen LogP contribution in [0.1, 0.15) is 78.1 Å². The number of hydrogen-bond acceptors (Lipinski definition) is 2. The van der Waals surface area contributed by atoms with Crippen LogP contribution in [0.25, 0.3) is 0 Å². The van der Waals surface area contributed by atoms with E-state index in [1.54, 1.807) is 5.57 Å². The third-order valence-electron chi connectivity index (χ3n) is 6.50. The van der Waals surface area contributed by atoms with Gasteiger partial charge in [0, 0.05) is 5.92 Å². The summed E-state index contributed by atoms with van der Waals surface area (Å²) in [6, 6.07) is 0. The standard InChI is InChI=1S/C24H43NO/c1-5-6-11-19(2)12-10-14-22-23-17-20(16-21(23)18-24(22)26)13-8-7-9-15-25(3)4/h10,14,16,19,21-24,26H,5-9,11-13,15,17-18H2,1-4H3/b14-10+/t19-,21-,22+,23-,24+/m0/s1. The second-order valence-corrected chi connectivity index (χ2v) is 9.26. The van der Waals surface area contributed by atoms with Gasteiger partial charge in [-0.2, -0.15) is 0 Å². The van der Waals surface area contributed by atoms with Crippen molar-refractivity contribution in [2.24, 2.45) is 23.7 Å². The van der Waals surface area contributed by atoms with Gasteiger partial charge >= 0.3 is 0 Å². The summed E-state index contributed by atoms with van der Waals surface area (Å²) in [5, 5.41) is 10.5. The smallest absolute Gasteiger partial charge is 0.0611 e. The van der Waals surface area contributed by atoms with Crippen molar-refractivity contribution in [1.29, 1.82) is 0 Å². The molecule has 0 radical (unpaired) electrons. The number of aliphatic hydroxyl groups is 1. The molecule has 0 aromatic carbocycles. The van der Waals surface area contributed by atoms with Crippen LogP contribution in [0, 0.1) is 23.7 Å². The SMILES string of the molecule is CCCC[C@H](C)C/C=C/[C@@H]1[C@H]2CC(CCCCCN(C)C)=C[C@H]2C[C@H]1O. The highest BCUT2D eigenvalue weighted by atomic mass is 16.3. The van der Waals surface area contributed by atoms with Crippen molar-refractivity contribution in [2.45, 2.75) is 84.2 Å². The molecule has 1 fully saturated rings. The average molecular weight is 362 g/mol. The van der Waals surface area contributed by atoms with Crippen LogP contribution in [-0.4, -0.2) is 36.8 Å². The molecule has 0 unspecified atom stereocenters. The Balaban J connectivity index is 1.72. The van der Waals surface area contributed by atoms with E-state index in [2.05, 4.69) is 51.1 Å². The maximum atomic E-state index is 10.5. The summed E-state index contributed by atoms with van der Waals surface area (Å²) < 4.78 is 0. The van der Waals surface area contributed by atoms with E-state index in [1.807, 2.05) is 0 Å². The third kappa shape index (κ3) is 6.85. The monoisotopic (exact) mass is 361 g/mol. The molecule has 0 amide bonds. The Bertz CT molecular complexity index is 453. The normalized spacial score (nSPS) is 29.5. The molecular formula is C24H43NO. The fourth-order valence-electron chi connectivity index (χ4n) is 4.89. The Morgan fingerprint density at radius 1 is 1.23 bits per heavy atom. The lowest BCUT2D eigenvalue weighted by Gasteiger charge is -2.18. The van der Waals surface area contributed by atoms with Crippen molar-refractivity contribution in [3.05, 3.63) is 23.8 Å². The van der Waals surface area contributed by atoms with Gasteiger partial charge in [-0.05, 0) is 76.9 Å². The van der Waals surface area contributed by atoms with E-state index in [-0.39, 0.29) is 6.10 Å². The Morgan fingerprint density at radius 3 is 2.77 bits per heavy atom. The Hall–Kier alpha value is -0.600. The van der Waals surface area contributed by atoms with E-state index >= 15 is 0 Å². The van der Waals surface area contributed by atoms with Gasteiger partial charge in [0.1, 0.15) is 0 Å². The summed E-state index contributed by atoms with van der Waals surface area (Å²) in [6.45, 7) is 5.84. The number of fused-ring (bicyclic) bond motifs is 1. The minimum atomic E-state index is -0.120.